The fourth-order valence-electron chi connectivity index (χ4n) is 3.08. The fraction of sp³-hybridized carbons (Fsp3) is 0.333. The molecule has 3 rings (SSSR count). The van der Waals surface area contributed by atoms with Crippen LogP contribution in [0, 0.1) is 0 Å². The fourth-order valence-corrected chi connectivity index (χ4v) is 3.23. The van der Waals surface area contributed by atoms with E-state index in [1.165, 1.54) is 11.1 Å². The lowest BCUT2D eigenvalue weighted by atomic mass is 9.78. The largest absolute Gasteiger partial charge is 0.395 e. The topological polar surface area (TPSA) is 72.2 Å². The second-order valence-corrected chi connectivity index (χ2v) is 5.61. The lowest BCUT2D eigenvalue weighted by Crippen LogP contribution is -2.40. The van der Waals surface area contributed by atoms with Crippen LogP contribution in [0.1, 0.15) is 34.6 Å². The van der Waals surface area contributed by atoms with E-state index in [0.29, 0.717) is 12.1 Å². The lowest BCUT2D eigenvalue weighted by Gasteiger charge is -2.26. The summed E-state index contributed by atoms with van der Waals surface area (Å²) in [5.74, 6) is 0.0758. The Bertz CT molecular complexity index is 732. The van der Waals surface area contributed by atoms with Crippen LogP contribution in [-0.2, 0) is 19.4 Å². The summed E-state index contributed by atoms with van der Waals surface area (Å²) in [5, 5.41) is 0. The molecule has 2 aromatic carbocycles. The number of nitrogen functional groups attached to an aromatic ring is 1. The van der Waals surface area contributed by atoms with Gasteiger partial charge in [0.1, 0.15) is 0 Å². The highest BCUT2D eigenvalue weighted by Gasteiger charge is 2.29. The molecule has 0 fully saturated rings. The van der Waals surface area contributed by atoms with Crippen LogP contribution in [0.3, 0.4) is 0 Å². The Hall–Kier alpha value is -1.65. The number of hydrogen-bond acceptors (Lipinski definition) is 4. The first-order valence-corrected chi connectivity index (χ1v) is 7.02. The number of benzene rings is 1. The van der Waals surface area contributed by atoms with Crippen molar-refractivity contribution in [1.29, 1.82) is 0 Å². The first kappa shape index (κ1) is 13.3. The van der Waals surface area contributed by atoms with Crippen LogP contribution in [0.2, 0.25) is 0 Å². The van der Waals surface area contributed by atoms with Crippen LogP contribution >= 0.6 is 11.8 Å². The lowest BCUT2D eigenvalue weighted by molar-refractivity contribution is 0.578. The van der Waals surface area contributed by atoms with Crippen molar-refractivity contribution in [2.45, 2.75) is 31.7 Å². The quantitative estimate of drug-likeness (QED) is 0.662. The standard InChI is InChI=1S/C15H15ClN2O2/c16-18-7-8-1-2-9-3-4-10(6-11(9)5-8)12-13(17)15(20)14(12)19/h1-2,5,10,18H,3-4,6-7,17H2. The number of halogens is 1. The van der Waals surface area contributed by atoms with Gasteiger partial charge in [-0.1, -0.05) is 18.2 Å². The first-order chi connectivity index (χ1) is 9.61. The Kier molecular flexibility index (Phi) is 3.36. The molecule has 3 N–H and O–H groups in total. The van der Waals surface area contributed by atoms with E-state index in [9.17, 15) is 9.59 Å². The van der Waals surface area contributed by atoms with Gasteiger partial charge in [0.2, 0.25) is 10.9 Å². The molecule has 1 unspecified atom stereocenters. The third-order valence-corrected chi connectivity index (χ3v) is 4.30. The second-order valence-electron chi connectivity index (χ2n) is 5.34. The molecule has 0 amide bonds. The van der Waals surface area contributed by atoms with Gasteiger partial charge in [0.15, 0.2) is 0 Å². The Balaban J connectivity index is 1.90. The van der Waals surface area contributed by atoms with E-state index >= 15 is 0 Å². The van der Waals surface area contributed by atoms with Crippen LogP contribution < -0.4 is 21.4 Å². The minimum Gasteiger partial charge on any atom is -0.395 e. The third-order valence-electron chi connectivity index (χ3n) is 4.16. The van der Waals surface area contributed by atoms with E-state index in [0.717, 1.165) is 24.8 Å². The molecule has 1 aliphatic rings. The van der Waals surface area contributed by atoms with Gasteiger partial charge in [-0.05, 0) is 53.6 Å². The van der Waals surface area contributed by atoms with Gasteiger partial charge in [-0.15, -0.1) is 0 Å². The summed E-state index contributed by atoms with van der Waals surface area (Å²) in [6, 6.07) is 6.28. The van der Waals surface area contributed by atoms with Crippen LogP contribution in [-0.4, -0.2) is 0 Å². The number of rotatable bonds is 3. The zero-order valence-corrected chi connectivity index (χ0v) is 11.7. The zero-order valence-electron chi connectivity index (χ0n) is 10.9. The summed E-state index contributed by atoms with van der Waals surface area (Å²) in [6.45, 7) is 0.599. The summed E-state index contributed by atoms with van der Waals surface area (Å²) in [6.07, 6.45) is 2.54. The van der Waals surface area contributed by atoms with Crippen molar-refractivity contribution in [2.75, 3.05) is 5.73 Å². The molecule has 1 atom stereocenters. The molecule has 104 valence electrons. The van der Waals surface area contributed by atoms with Gasteiger partial charge in [-0.2, -0.15) is 0 Å². The van der Waals surface area contributed by atoms with Gasteiger partial charge < -0.3 is 5.73 Å². The highest BCUT2D eigenvalue weighted by atomic mass is 35.5. The molecule has 0 spiro atoms. The molecule has 4 nitrogen and oxygen atoms in total. The highest BCUT2D eigenvalue weighted by Crippen LogP contribution is 2.33. The summed E-state index contributed by atoms with van der Waals surface area (Å²) < 4.78 is 0. The van der Waals surface area contributed by atoms with Crippen molar-refractivity contribution in [2.24, 2.45) is 0 Å². The van der Waals surface area contributed by atoms with Crippen molar-refractivity contribution in [1.82, 2.24) is 4.84 Å². The molecule has 0 saturated carbocycles. The molecule has 1 aliphatic carbocycles. The third kappa shape index (κ3) is 2.05. The van der Waals surface area contributed by atoms with E-state index in [2.05, 4.69) is 23.0 Å². The highest BCUT2D eigenvalue weighted by molar-refractivity contribution is 6.13. The molecule has 0 bridgehead atoms. The van der Waals surface area contributed by atoms with Crippen molar-refractivity contribution in [3.63, 3.8) is 0 Å². The van der Waals surface area contributed by atoms with Crippen LogP contribution in [0.5, 0.6) is 0 Å². The normalized spacial score (nSPS) is 18.1. The predicted molar refractivity (Wildman–Crippen MR) is 79.7 cm³/mol. The van der Waals surface area contributed by atoms with Crippen molar-refractivity contribution in [3.05, 3.63) is 60.9 Å². The van der Waals surface area contributed by atoms with E-state index in [-0.39, 0.29) is 11.6 Å². The van der Waals surface area contributed by atoms with Gasteiger partial charge in [0.05, 0.1) is 5.69 Å². The number of aryl methyl sites for hydroxylation is 1. The molecule has 5 heteroatoms. The predicted octanol–water partition coefficient (Wildman–Crippen LogP) is 1.38. The van der Waals surface area contributed by atoms with Gasteiger partial charge in [0.25, 0.3) is 0 Å². The maximum atomic E-state index is 11.6. The number of nitrogens with one attached hydrogen (secondary N) is 1. The Labute approximate surface area is 121 Å². The molecular formula is C15H15ClN2O2. The monoisotopic (exact) mass is 290 g/mol. The number of hydrogen-bond donors (Lipinski definition) is 2. The zero-order chi connectivity index (χ0) is 14.3. The SMILES string of the molecule is Nc1c(C2CCc3ccc(CNCl)cc3C2)c(=O)c1=O. The first-order valence-electron chi connectivity index (χ1n) is 6.64. The van der Waals surface area contributed by atoms with E-state index in [1.54, 1.807) is 0 Å². The minimum absolute atomic E-state index is 0.0758. The summed E-state index contributed by atoms with van der Waals surface area (Å²) in [7, 11) is 0. The molecule has 20 heavy (non-hydrogen) atoms. The molecule has 0 saturated heterocycles. The Morgan fingerprint density at radius 3 is 2.75 bits per heavy atom. The smallest absolute Gasteiger partial charge is 0.249 e. The minimum atomic E-state index is -0.522. The number of anilines is 1. The summed E-state index contributed by atoms with van der Waals surface area (Å²) in [4.78, 5) is 25.5. The van der Waals surface area contributed by atoms with E-state index < -0.39 is 10.9 Å². The molecule has 0 aliphatic heterocycles. The number of fused-ring (bicyclic) bond motifs is 1. The van der Waals surface area contributed by atoms with Gasteiger partial charge in [0, 0.05) is 12.1 Å². The number of nitrogens with two attached hydrogens (primary N) is 1. The van der Waals surface area contributed by atoms with Crippen molar-refractivity contribution in [3.8, 4) is 0 Å². The van der Waals surface area contributed by atoms with Gasteiger partial charge in [-0.25, -0.2) is 4.84 Å². The average molecular weight is 291 g/mol. The molecular weight excluding hydrogens is 276 g/mol. The maximum absolute atomic E-state index is 11.6. The average Bonchev–Trinajstić information content (AvgIpc) is 2.47. The van der Waals surface area contributed by atoms with Crippen LogP contribution in [0.15, 0.2) is 27.8 Å². The molecule has 0 aromatic heterocycles. The molecule has 2 aromatic rings. The van der Waals surface area contributed by atoms with Gasteiger partial charge >= 0.3 is 0 Å². The summed E-state index contributed by atoms with van der Waals surface area (Å²) in [5.41, 5.74) is 9.09. The van der Waals surface area contributed by atoms with Gasteiger partial charge in [-0.3, -0.25) is 9.59 Å². The van der Waals surface area contributed by atoms with Crippen LogP contribution in [0.25, 0.3) is 0 Å². The summed E-state index contributed by atoms with van der Waals surface area (Å²) >= 11 is 5.53. The Morgan fingerprint density at radius 2 is 2.05 bits per heavy atom. The van der Waals surface area contributed by atoms with Crippen molar-refractivity contribution >= 4 is 17.5 Å². The Morgan fingerprint density at radius 1 is 1.25 bits per heavy atom. The molecule has 0 radical (unpaired) electrons. The second kappa shape index (κ2) is 5.04. The molecule has 0 heterocycles. The van der Waals surface area contributed by atoms with Crippen LogP contribution in [0.4, 0.5) is 5.69 Å². The van der Waals surface area contributed by atoms with E-state index in [1.807, 2.05) is 0 Å². The maximum Gasteiger partial charge on any atom is 0.249 e. The van der Waals surface area contributed by atoms with E-state index in [4.69, 9.17) is 17.5 Å². The van der Waals surface area contributed by atoms with Crippen molar-refractivity contribution < 1.29 is 0 Å².